The van der Waals surface area contributed by atoms with E-state index < -0.39 is 12.1 Å². The average Bonchev–Trinajstić information content (AvgIpc) is 3.53. The first-order valence-corrected chi connectivity index (χ1v) is 39.3. The number of amides is 1. The number of aliphatic hydroxyl groups excluding tert-OH is 2. The second-order valence-corrected chi connectivity index (χ2v) is 27.4. The maximum atomic E-state index is 12.6. The Bertz CT molecular complexity index is 1230. The number of carbonyl (C=O) groups excluding carboxylic acids is 2. The first kappa shape index (κ1) is 82.9. The lowest BCUT2D eigenvalue weighted by atomic mass is 10.0. The summed E-state index contributed by atoms with van der Waals surface area (Å²) in [6, 6.07) is -0.540. The van der Waals surface area contributed by atoms with Gasteiger partial charge in [0.05, 0.1) is 25.4 Å². The summed E-state index contributed by atoms with van der Waals surface area (Å²) in [5.74, 6) is -0.00282. The van der Waals surface area contributed by atoms with E-state index in [1.54, 1.807) is 0 Å². The fourth-order valence-electron chi connectivity index (χ4n) is 12.9. The summed E-state index contributed by atoms with van der Waals surface area (Å²) in [6.45, 7) is 5.02. The second-order valence-electron chi connectivity index (χ2n) is 27.4. The fraction of sp³-hybridized carbons (Fsp3) is 0.974. The van der Waals surface area contributed by atoms with Gasteiger partial charge in [0.25, 0.3) is 0 Å². The van der Waals surface area contributed by atoms with Gasteiger partial charge in [-0.3, -0.25) is 9.59 Å². The maximum absolute atomic E-state index is 12.6. The van der Waals surface area contributed by atoms with Crippen molar-refractivity contribution >= 4 is 11.9 Å². The van der Waals surface area contributed by atoms with E-state index in [1.165, 1.54) is 392 Å². The molecular weight excluding hydrogens is 1030 g/mol. The van der Waals surface area contributed by atoms with Crippen LogP contribution in [0.3, 0.4) is 0 Å². The molecule has 84 heavy (non-hydrogen) atoms. The highest BCUT2D eigenvalue weighted by Crippen LogP contribution is 2.21. The number of unbranched alkanes of at least 4 members (excludes halogenated alkanes) is 64. The Labute approximate surface area is 527 Å². The fourth-order valence-corrected chi connectivity index (χ4v) is 12.9. The van der Waals surface area contributed by atoms with Crippen LogP contribution in [0.1, 0.15) is 463 Å². The number of hydrogen-bond acceptors (Lipinski definition) is 5. The Hall–Kier alpha value is -1.14. The molecular formula is C78H155NO5. The van der Waals surface area contributed by atoms with Crippen molar-refractivity contribution in [2.45, 2.75) is 475 Å². The zero-order valence-corrected chi connectivity index (χ0v) is 57.7. The minimum atomic E-state index is -0.663. The highest BCUT2D eigenvalue weighted by Gasteiger charge is 2.20. The standard InChI is InChI=1S/C78H155NO5/c1-3-5-7-9-11-13-15-17-19-20-21-22-23-27-30-33-36-39-43-46-50-54-58-62-66-70-76(81)75(74-80)79-77(82)71-67-63-59-55-51-47-44-40-37-34-31-28-25-24-26-29-32-35-38-41-45-49-53-57-61-65-69-73-84-78(83)72-68-64-60-56-52-48-42-18-16-14-12-10-8-6-4-2/h75-76,80-81H,3-74H2,1-2H3,(H,79,82). The summed E-state index contributed by atoms with van der Waals surface area (Å²) in [4.78, 5) is 24.7. The Morgan fingerprint density at radius 3 is 0.726 bits per heavy atom. The number of ether oxygens (including phenoxy) is 1. The van der Waals surface area contributed by atoms with E-state index in [0.29, 0.717) is 25.9 Å². The Morgan fingerprint density at radius 2 is 0.488 bits per heavy atom. The molecule has 2 unspecified atom stereocenters. The normalized spacial score (nSPS) is 12.4. The predicted octanol–water partition coefficient (Wildman–Crippen LogP) is 25.7. The third kappa shape index (κ3) is 70.0. The van der Waals surface area contributed by atoms with E-state index in [2.05, 4.69) is 19.2 Å². The SMILES string of the molecule is CCCCCCCCCCCCCCCCCCCCCCCCCCCC(O)C(CO)NC(=O)CCCCCCCCCCCCCCCCCCCCCCCCCCCCCOC(=O)CCCCCCCCCCCCCCCCC. The highest BCUT2D eigenvalue weighted by atomic mass is 16.5. The summed E-state index contributed by atoms with van der Waals surface area (Å²) in [5, 5.41) is 23.5. The molecule has 0 rings (SSSR count). The van der Waals surface area contributed by atoms with E-state index >= 15 is 0 Å². The largest absolute Gasteiger partial charge is 0.466 e. The van der Waals surface area contributed by atoms with Gasteiger partial charge in [-0.25, -0.2) is 0 Å². The van der Waals surface area contributed by atoms with E-state index in [4.69, 9.17) is 4.74 Å². The van der Waals surface area contributed by atoms with Crippen LogP contribution in [0.15, 0.2) is 0 Å². The van der Waals surface area contributed by atoms with Gasteiger partial charge in [0.2, 0.25) is 5.91 Å². The van der Waals surface area contributed by atoms with E-state index in [-0.39, 0.29) is 18.5 Å². The Kier molecular flexibility index (Phi) is 73.3. The van der Waals surface area contributed by atoms with Crippen LogP contribution < -0.4 is 5.32 Å². The molecule has 0 heterocycles. The molecule has 0 bridgehead atoms. The van der Waals surface area contributed by atoms with Gasteiger partial charge >= 0.3 is 5.97 Å². The van der Waals surface area contributed by atoms with Crippen LogP contribution in [0, 0.1) is 0 Å². The quantitative estimate of drug-likeness (QED) is 0.0417. The van der Waals surface area contributed by atoms with Gasteiger partial charge in [0.1, 0.15) is 0 Å². The Balaban J connectivity index is 3.34. The average molecular weight is 1190 g/mol. The first-order chi connectivity index (χ1) is 41.5. The molecule has 0 aliphatic rings. The molecule has 1 amide bonds. The van der Waals surface area contributed by atoms with Gasteiger partial charge in [0, 0.05) is 12.8 Å². The molecule has 0 saturated carbocycles. The molecule has 0 saturated heterocycles. The van der Waals surface area contributed by atoms with Gasteiger partial charge in [-0.1, -0.05) is 425 Å². The third-order valence-corrected chi connectivity index (χ3v) is 18.9. The lowest BCUT2D eigenvalue weighted by Crippen LogP contribution is -2.45. The van der Waals surface area contributed by atoms with Crippen LogP contribution in [-0.4, -0.2) is 47.4 Å². The van der Waals surface area contributed by atoms with Crippen LogP contribution in [0.25, 0.3) is 0 Å². The summed E-state index contributed by atoms with van der Waals surface area (Å²) in [5.41, 5.74) is 0. The topological polar surface area (TPSA) is 95.9 Å². The van der Waals surface area contributed by atoms with Crippen molar-refractivity contribution < 1.29 is 24.5 Å². The molecule has 0 radical (unpaired) electrons. The first-order valence-electron chi connectivity index (χ1n) is 39.3. The number of aliphatic hydroxyl groups is 2. The molecule has 0 fully saturated rings. The molecule has 0 aromatic heterocycles. The zero-order valence-electron chi connectivity index (χ0n) is 57.7. The predicted molar refractivity (Wildman–Crippen MR) is 371 cm³/mol. The van der Waals surface area contributed by atoms with Gasteiger partial charge in [-0.05, 0) is 25.7 Å². The third-order valence-electron chi connectivity index (χ3n) is 18.9. The number of esters is 1. The lowest BCUT2D eigenvalue weighted by Gasteiger charge is -2.22. The van der Waals surface area contributed by atoms with Crippen molar-refractivity contribution in [3.8, 4) is 0 Å². The molecule has 6 heteroatoms. The molecule has 0 aliphatic carbocycles. The van der Waals surface area contributed by atoms with Crippen molar-refractivity contribution in [2.75, 3.05) is 13.2 Å². The monoisotopic (exact) mass is 1190 g/mol. The van der Waals surface area contributed by atoms with Crippen molar-refractivity contribution in [1.29, 1.82) is 0 Å². The van der Waals surface area contributed by atoms with E-state index in [1.807, 2.05) is 0 Å². The molecule has 502 valence electrons. The maximum Gasteiger partial charge on any atom is 0.305 e. The van der Waals surface area contributed by atoms with Crippen LogP contribution >= 0.6 is 0 Å². The Morgan fingerprint density at radius 1 is 0.286 bits per heavy atom. The molecule has 0 spiro atoms. The summed E-state index contributed by atoms with van der Waals surface area (Å²) >= 11 is 0. The van der Waals surface area contributed by atoms with E-state index in [0.717, 1.165) is 38.5 Å². The van der Waals surface area contributed by atoms with Crippen LogP contribution in [0.2, 0.25) is 0 Å². The summed E-state index contributed by atoms with van der Waals surface area (Å²) in [7, 11) is 0. The molecule has 0 aliphatic heterocycles. The highest BCUT2D eigenvalue weighted by molar-refractivity contribution is 5.76. The van der Waals surface area contributed by atoms with Gasteiger partial charge in [-0.2, -0.15) is 0 Å². The molecule has 3 N–H and O–H groups in total. The smallest absolute Gasteiger partial charge is 0.305 e. The van der Waals surface area contributed by atoms with Crippen molar-refractivity contribution in [2.24, 2.45) is 0 Å². The summed E-state index contributed by atoms with van der Waals surface area (Å²) < 4.78 is 5.51. The number of hydrogen-bond donors (Lipinski definition) is 3. The van der Waals surface area contributed by atoms with Crippen LogP contribution in [0.4, 0.5) is 0 Å². The molecule has 6 nitrogen and oxygen atoms in total. The van der Waals surface area contributed by atoms with E-state index in [9.17, 15) is 19.8 Å². The minimum absolute atomic E-state index is 0.0227. The van der Waals surface area contributed by atoms with Gasteiger partial charge in [-0.15, -0.1) is 0 Å². The second kappa shape index (κ2) is 74.3. The minimum Gasteiger partial charge on any atom is -0.466 e. The van der Waals surface area contributed by atoms with Gasteiger partial charge in [0.15, 0.2) is 0 Å². The summed E-state index contributed by atoms with van der Waals surface area (Å²) in [6.07, 6.45) is 91.9. The molecule has 0 aromatic carbocycles. The number of carbonyl (C=O) groups is 2. The zero-order chi connectivity index (χ0) is 60.6. The van der Waals surface area contributed by atoms with Crippen molar-refractivity contribution in [1.82, 2.24) is 5.32 Å². The van der Waals surface area contributed by atoms with Crippen LogP contribution in [-0.2, 0) is 14.3 Å². The van der Waals surface area contributed by atoms with Crippen LogP contribution in [0.5, 0.6) is 0 Å². The molecule has 0 aromatic rings. The number of nitrogens with one attached hydrogen (secondary N) is 1. The molecule has 2 atom stereocenters. The van der Waals surface area contributed by atoms with Crippen molar-refractivity contribution in [3.05, 3.63) is 0 Å². The van der Waals surface area contributed by atoms with Gasteiger partial charge < -0.3 is 20.3 Å². The van der Waals surface area contributed by atoms with Crippen molar-refractivity contribution in [3.63, 3.8) is 0 Å². The number of rotatable bonds is 75. The lowest BCUT2D eigenvalue weighted by molar-refractivity contribution is -0.143.